The molecule has 0 saturated carbocycles. The average Bonchev–Trinajstić information content (AvgIpc) is 3.39. The average molecular weight is 543 g/mol. The minimum absolute atomic E-state index is 1.02. The molecule has 0 aliphatic carbocycles. The second-order valence-electron chi connectivity index (χ2n) is 12.1. The van der Waals surface area contributed by atoms with Gasteiger partial charge in [0.15, 0.2) is 0 Å². The summed E-state index contributed by atoms with van der Waals surface area (Å²) in [6.45, 7) is 9.79. The molecule has 0 radical (unpaired) electrons. The van der Waals surface area contributed by atoms with E-state index in [9.17, 15) is 0 Å². The fraction of sp³-hybridized carbons (Fsp3) is 0.150. The van der Waals surface area contributed by atoms with E-state index in [1.807, 2.05) is 0 Å². The van der Waals surface area contributed by atoms with Crippen LogP contribution in [0.1, 0.15) is 27.8 Å². The highest BCUT2D eigenvalue weighted by Gasteiger charge is 2.24. The highest BCUT2D eigenvalue weighted by atomic mass is 15.2. The molecule has 1 aliphatic heterocycles. The summed E-state index contributed by atoms with van der Waals surface area (Å²) in [6, 6.07) is 41.2. The van der Waals surface area contributed by atoms with Gasteiger partial charge in [0, 0.05) is 40.1 Å². The topological polar surface area (TPSA) is 6.48 Å². The molecule has 0 fully saturated rings. The summed E-state index contributed by atoms with van der Waals surface area (Å²) in [7, 11) is 0. The minimum atomic E-state index is 1.02. The molecule has 2 nitrogen and oxygen atoms in total. The third-order valence-corrected chi connectivity index (χ3v) is 8.97. The molecule has 8 rings (SSSR count). The van der Waals surface area contributed by atoms with E-state index in [0.717, 1.165) is 13.0 Å². The Labute approximate surface area is 247 Å². The molecular weight excluding hydrogens is 508 g/mol. The fourth-order valence-electron chi connectivity index (χ4n) is 7.38. The summed E-state index contributed by atoms with van der Waals surface area (Å²) >= 11 is 0. The maximum Gasteiger partial charge on any atom is 0.0540 e. The molecule has 0 spiro atoms. The first-order valence-corrected chi connectivity index (χ1v) is 15.0. The van der Waals surface area contributed by atoms with Crippen molar-refractivity contribution in [3.8, 4) is 0 Å². The Morgan fingerprint density at radius 2 is 1.07 bits per heavy atom. The lowest BCUT2D eigenvalue weighted by atomic mass is 9.91. The maximum atomic E-state index is 2.51. The van der Waals surface area contributed by atoms with E-state index in [1.165, 1.54) is 88.6 Å². The maximum absolute atomic E-state index is 2.51. The molecular formula is C40H34N2. The van der Waals surface area contributed by atoms with Gasteiger partial charge in [-0.05, 0) is 126 Å². The number of nitrogens with zero attached hydrogens (tertiary/aromatic N) is 2. The predicted molar refractivity (Wildman–Crippen MR) is 181 cm³/mol. The molecule has 1 aliphatic rings. The zero-order valence-electron chi connectivity index (χ0n) is 24.7. The van der Waals surface area contributed by atoms with Gasteiger partial charge in [-0.3, -0.25) is 0 Å². The third kappa shape index (κ3) is 3.86. The number of benzene rings is 7. The summed E-state index contributed by atoms with van der Waals surface area (Å²) in [4.78, 5) is 4.98. The highest BCUT2D eigenvalue weighted by molar-refractivity contribution is 6.28. The summed E-state index contributed by atoms with van der Waals surface area (Å²) in [5.74, 6) is 0. The molecule has 0 atom stereocenters. The van der Waals surface area contributed by atoms with Crippen molar-refractivity contribution in [2.75, 3.05) is 16.3 Å². The number of fused-ring (bicyclic) bond motifs is 1. The lowest BCUT2D eigenvalue weighted by Gasteiger charge is -2.29. The van der Waals surface area contributed by atoms with E-state index in [1.54, 1.807) is 0 Å². The Kier molecular flexibility index (Phi) is 5.55. The third-order valence-electron chi connectivity index (χ3n) is 8.97. The summed E-state index contributed by atoms with van der Waals surface area (Å²) in [6.07, 6.45) is 1.09. The van der Waals surface area contributed by atoms with Crippen LogP contribution >= 0.6 is 0 Å². The van der Waals surface area contributed by atoms with Gasteiger partial charge < -0.3 is 9.80 Å². The lowest BCUT2D eigenvalue weighted by Crippen LogP contribution is -2.14. The first-order valence-electron chi connectivity index (χ1n) is 15.0. The van der Waals surface area contributed by atoms with Crippen LogP contribution in [0.25, 0.3) is 32.3 Å². The van der Waals surface area contributed by atoms with Crippen molar-refractivity contribution in [2.45, 2.75) is 34.1 Å². The predicted octanol–water partition coefficient (Wildman–Crippen LogP) is 11.0. The highest BCUT2D eigenvalue weighted by Crippen LogP contribution is 2.47. The zero-order chi connectivity index (χ0) is 28.5. The largest absolute Gasteiger partial charge is 0.340 e. The molecule has 0 aromatic heterocycles. The monoisotopic (exact) mass is 542 g/mol. The van der Waals surface area contributed by atoms with E-state index in [4.69, 9.17) is 0 Å². The van der Waals surface area contributed by atoms with Crippen LogP contribution in [0.4, 0.5) is 28.4 Å². The fourth-order valence-corrected chi connectivity index (χ4v) is 7.38. The quantitative estimate of drug-likeness (QED) is 0.204. The van der Waals surface area contributed by atoms with Crippen molar-refractivity contribution in [3.05, 3.63) is 137 Å². The Hall–Kier alpha value is -4.82. The summed E-state index contributed by atoms with van der Waals surface area (Å²) in [5, 5.41) is 7.88. The number of hydrogen-bond acceptors (Lipinski definition) is 2. The van der Waals surface area contributed by atoms with Gasteiger partial charge in [0.05, 0.1) is 5.69 Å². The van der Waals surface area contributed by atoms with Crippen LogP contribution in [0, 0.1) is 27.7 Å². The van der Waals surface area contributed by atoms with E-state index in [-0.39, 0.29) is 0 Å². The number of aryl methyl sites for hydroxylation is 4. The lowest BCUT2D eigenvalue weighted by molar-refractivity contribution is 1.00. The van der Waals surface area contributed by atoms with Gasteiger partial charge in [0.2, 0.25) is 0 Å². The van der Waals surface area contributed by atoms with Gasteiger partial charge in [0.1, 0.15) is 0 Å². The second kappa shape index (κ2) is 9.36. The van der Waals surface area contributed by atoms with Gasteiger partial charge in [-0.1, -0.05) is 66.7 Å². The van der Waals surface area contributed by atoms with Gasteiger partial charge in [-0.15, -0.1) is 0 Å². The van der Waals surface area contributed by atoms with Crippen molar-refractivity contribution >= 4 is 60.8 Å². The molecule has 0 amide bonds. The number of para-hydroxylation sites is 1. The van der Waals surface area contributed by atoms with Gasteiger partial charge in [-0.25, -0.2) is 0 Å². The van der Waals surface area contributed by atoms with Crippen LogP contribution in [0.15, 0.2) is 109 Å². The van der Waals surface area contributed by atoms with Crippen LogP contribution < -0.4 is 9.80 Å². The molecule has 0 bridgehead atoms. The Morgan fingerprint density at radius 3 is 1.74 bits per heavy atom. The smallest absolute Gasteiger partial charge is 0.0540 e. The van der Waals surface area contributed by atoms with Crippen molar-refractivity contribution in [2.24, 2.45) is 0 Å². The molecule has 0 saturated heterocycles. The van der Waals surface area contributed by atoms with Gasteiger partial charge in [0.25, 0.3) is 0 Å². The molecule has 7 aromatic rings. The van der Waals surface area contributed by atoms with E-state index in [0.29, 0.717) is 0 Å². The number of hydrogen-bond donors (Lipinski definition) is 0. The molecule has 2 heteroatoms. The first-order chi connectivity index (χ1) is 20.4. The number of anilines is 5. The number of rotatable bonds is 4. The van der Waals surface area contributed by atoms with Crippen LogP contribution in [0.5, 0.6) is 0 Å². The molecule has 0 unspecified atom stereocenters. The Bertz CT molecular complexity index is 2060. The van der Waals surface area contributed by atoms with Crippen molar-refractivity contribution in [1.82, 2.24) is 0 Å². The molecule has 0 N–H and O–H groups in total. The van der Waals surface area contributed by atoms with E-state index >= 15 is 0 Å². The van der Waals surface area contributed by atoms with Gasteiger partial charge >= 0.3 is 0 Å². The van der Waals surface area contributed by atoms with Crippen LogP contribution in [0.2, 0.25) is 0 Å². The Balaban J connectivity index is 1.41. The van der Waals surface area contributed by atoms with Gasteiger partial charge in [-0.2, -0.15) is 0 Å². The zero-order valence-corrected chi connectivity index (χ0v) is 24.7. The minimum Gasteiger partial charge on any atom is -0.340 e. The first kappa shape index (κ1) is 24.9. The summed E-state index contributed by atoms with van der Waals surface area (Å²) in [5.41, 5.74) is 12.8. The van der Waals surface area contributed by atoms with Crippen LogP contribution in [-0.2, 0) is 6.42 Å². The van der Waals surface area contributed by atoms with Crippen LogP contribution in [0.3, 0.4) is 0 Å². The molecule has 42 heavy (non-hydrogen) atoms. The van der Waals surface area contributed by atoms with Crippen molar-refractivity contribution in [1.29, 1.82) is 0 Å². The SMILES string of the molecule is Cc1cc(C)cc(N(c2cc(C)cc(C)c2)c2ccc3ccc4c(N5CCc6ccccc65)ccc5ccc2c3c54)c1. The van der Waals surface area contributed by atoms with E-state index in [2.05, 4.69) is 147 Å². The molecule has 204 valence electrons. The molecule has 1 heterocycles. The summed E-state index contributed by atoms with van der Waals surface area (Å²) < 4.78 is 0. The van der Waals surface area contributed by atoms with Crippen LogP contribution in [-0.4, -0.2) is 6.54 Å². The molecule has 7 aromatic carbocycles. The second-order valence-corrected chi connectivity index (χ2v) is 12.1. The standard InChI is InChI=1S/C40H34N2/c1-25-19-26(2)22-32(21-25)42(33-23-27(3)20-28(4)24-33)38-16-12-31-9-13-34-37(41-18-17-29-7-5-6-8-36(29)41)15-11-30-10-14-35(38)40(31)39(30)34/h5-16,19-24H,17-18H2,1-4H3. The normalized spacial score (nSPS) is 13.0. The van der Waals surface area contributed by atoms with E-state index < -0.39 is 0 Å². The Morgan fingerprint density at radius 1 is 0.524 bits per heavy atom. The van der Waals surface area contributed by atoms with Crippen molar-refractivity contribution < 1.29 is 0 Å². The van der Waals surface area contributed by atoms with Crippen molar-refractivity contribution in [3.63, 3.8) is 0 Å².